The number of rotatable bonds is 4. The van der Waals surface area contributed by atoms with Gasteiger partial charge in [0.15, 0.2) is 0 Å². The van der Waals surface area contributed by atoms with Gasteiger partial charge >= 0.3 is 0 Å². The second kappa shape index (κ2) is 7.75. The molecule has 0 aliphatic carbocycles. The van der Waals surface area contributed by atoms with Gasteiger partial charge in [-0.05, 0) is 65.4 Å². The summed E-state index contributed by atoms with van der Waals surface area (Å²) in [5.74, 6) is 0. The van der Waals surface area contributed by atoms with Crippen molar-refractivity contribution in [2.45, 2.75) is 0 Å². The van der Waals surface area contributed by atoms with Crippen molar-refractivity contribution in [1.82, 2.24) is 4.57 Å². The third-order valence-electron chi connectivity index (χ3n) is 6.01. The normalized spacial score (nSPS) is 11.1. The van der Waals surface area contributed by atoms with E-state index in [0.29, 0.717) is 0 Å². The van der Waals surface area contributed by atoms with E-state index in [1.54, 1.807) is 0 Å². The van der Waals surface area contributed by atoms with Gasteiger partial charge in [0.05, 0.1) is 11.2 Å². The van der Waals surface area contributed by atoms with Gasteiger partial charge in [0.1, 0.15) is 0 Å². The number of benzene rings is 5. The lowest BCUT2D eigenvalue weighted by Gasteiger charge is -2.27. The van der Waals surface area contributed by atoms with Gasteiger partial charge in [0.2, 0.25) is 0 Å². The summed E-state index contributed by atoms with van der Waals surface area (Å²) in [4.78, 5) is 2.33. The van der Waals surface area contributed by atoms with Crippen molar-refractivity contribution in [3.63, 3.8) is 0 Å². The van der Waals surface area contributed by atoms with Crippen LogP contribution in [-0.2, 0) is 0 Å². The molecule has 0 fully saturated rings. The number of hydrogen-bond acceptors (Lipinski definition) is 1. The molecule has 0 aliphatic heterocycles. The summed E-state index contributed by atoms with van der Waals surface area (Å²) in [6.45, 7) is 0. The summed E-state index contributed by atoms with van der Waals surface area (Å²) in [5, 5.41) is 3.72. The molecule has 1 aromatic heterocycles. The first-order valence-corrected chi connectivity index (χ1v) is 10.9. The van der Waals surface area contributed by atoms with Crippen molar-refractivity contribution >= 4 is 38.7 Å². The van der Waals surface area contributed by atoms with Crippen LogP contribution < -0.4 is 4.90 Å². The lowest BCUT2D eigenvalue weighted by molar-refractivity contribution is 1.12. The molecule has 0 bridgehead atoms. The van der Waals surface area contributed by atoms with Gasteiger partial charge in [0, 0.05) is 28.6 Å². The van der Waals surface area contributed by atoms with Gasteiger partial charge in [-0.15, -0.1) is 0 Å². The number of aromatic nitrogens is 1. The maximum absolute atomic E-state index is 2.33. The van der Waals surface area contributed by atoms with Gasteiger partial charge < -0.3 is 9.47 Å². The maximum atomic E-state index is 2.33. The molecule has 0 atom stereocenters. The van der Waals surface area contributed by atoms with E-state index in [1.807, 2.05) is 0 Å². The molecule has 0 saturated carbocycles. The van der Waals surface area contributed by atoms with Gasteiger partial charge in [-0.3, -0.25) is 0 Å². The van der Waals surface area contributed by atoms with Crippen LogP contribution >= 0.6 is 0 Å². The molecule has 0 spiro atoms. The highest BCUT2D eigenvalue weighted by Crippen LogP contribution is 2.38. The minimum Gasteiger partial charge on any atom is -0.317 e. The molecular weight excluding hydrogens is 388 g/mol. The standard InChI is InChI=1S/C30H22N2/c1-2-12-26(13-3-1)32(30-16-8-11-23-9-4-6-14-28(23)30)27-19-17-25(18-20-27)31-22-21-24-10-5-7-15-29(24)31/h1-22H. The number of nitrogens with zero attached hydrogens (tertiary/aromatic N) is 2. The van der Waals surface area contributed by atoms with Crippen LogP contribution in [0.1, 0.15) is 0 Å². The topological polar surface area (TPSA) is 8.17 Å². The lowest BCUT2D eigenvalue weighted by Crippen LogP contribution is -2.10. The fourth-order valence-electron chi connectivity index (χ4n) is 4.48. The van der Waals surface area contributed by atoms with E-state index in [2.05, 4.69) is 143 Å². The van der Waals surface area contributed by atoms with Gasteiger partial charge in [-0.2, -0.15) is 0 Å². The third-order valence-corrected chi connectivity index (χ3v) is 6.01. The molecule has 152 valence electrons. The summed E-state index contributed by atoms with van der Waals surface area (Å²) < 4.78 is 2.24. The number of hydrogen-bond donors (Lipinski definition) is 0. The van der Waals surface area contributed by atoms with Crippen molar-refractivity contribution in [2.24, 2.45) is 0 Å². The number of para-hydroxylation sites is 2. The zero-order chi connectivity index (χ0) is 21.3. The molecule has 2 nitrogen and oxygen atoms in total. The molecule has 0 N–H and O–H groups in total. The minimum atomic E-state index is 1.13. The molecule has 32 heavy (non-hydrogen) atoms. The van der Waals surface area contributed by atoms with E-state index in [0.717, 1.165) is 17.1 Å². The Morgan fingerprint density at radius 3 is 1.97 bits per heavy atom. The first-order chi connectivity index (χ1) is 15.9. The monoisotopic (exact) mass is 410 g/mol. The molecule has 0 unspecified atom stereocenters. The van der Waals surface area contributed by atoms with Crippen LogP contribution in [0, 0.1) is 0 Å². The molecular formula is C30H22N2. The Bertz CT molecular complexity index is 1510. The van der Waals surface area contributed by atoms with Crippen LogP contribution in [0.2, 0.25) is 0 Å². The summed E-state index contributed by atoms with van der Waals surface area (Å²) in [5.41, 5.74) is 5.82. The summed E-state index contributed by atoms with van der Waals surface area (Å²) >= 11 is 0. The first-order valence-electron chi connectivity index (χ1n) is 10.9. The largest absolute Gasteiger partial charge is 0.317 e. The molecule has 0 aliphatic rings. The Hall–Kier alpha value is -4.30. The van der Waals surface area contributed by atoms with E-state index in [4.69, 9.17) is 0 Å². The summed E-state index contributed by atoms with van der Waals surface area (Å²) in [7, 11) is 0. The van der Waals surface area contributed by atoms with E-state index in [-0.39, 0.29) is 0 Å². The Kier molecular flexibility index (Phi) is 4.47. The summed E-state index contributed by atoms with van der Waals surface area (Å²) in [6, 6.07) is 45.1. The Morgan fingerprint density at radius 1 is 0.469 bits per heavy atom. The van der Waals surface area contributed by atoms with Crippen molar-refractivity contribution in [1.29, 1.82) is 0 Å². The zero-order valence-corrected chi connectivity index (χ0v) is 17.6. The van der Waals surface area contributed by atoms with Crippen LogP contribution in [0.5, 0.6) is 0 Å². The van der Waals surface area contributed by atoms with Gasteiger partial charge in [-0.1, -0.05) is 72.8 Å². The average Bonchev–Trinajstić information content (AvgIpc) is 3.30. The molecule has 1 heterocycles. The van der Waals surface area contributed by atoms with Crippen LogP contribution in [0.4, 0.5) is 17.1 Å². The van der Waals surface area contributed by atoms with Crippen molar-refractivity contribution < 1.29 is 0 Å². The third kappa shape index (κ3) is 3.14. The van der Waals surface area contributed by atoms with Crippen molar-refractivity contribution in [2.75, 3.05) is 4.90 Å². The molecule has 5 aromatic carbocycles. The number of fused-ring (bicyclic) bond motifs is 2. The van der Waals surface area contributed by atoms with Gasteiger partial charge in [0.25, 0.3) is 0 Å². The lowest BCUT2D eigenvalue weighted by atomic mass is 10.1. The summed E-state index contributed by atoms with van der Waals surface area (Å²) in [6.07, 6.45) is 2.14. The fourth-order valence-corrected chi connectivity index (χ4v) is 4.48. The first kappa shape index (κ1) is 18.5. The van der Waals surface area contributed by atoms with Crippen LogP contribution in [0.15, 0.2) is 134 Å². The molecule has 0 saturated heterocycles. The van der Waals surface area contributed by atoms with E-state index in [1.165, 1.54) is 27.4 Å². The van der Waals surface area contributed by atoms with Gasteiger partial charge in [-0.25, -0.2) is 0 Å². The average molecular weight is 411 g/mol. The van der Waals surface area contributed by atoms with Crippen molar-refractivity contribution in [3.05, 3.63) is 134 Å². The zero-order valence-electron chi connectivity index (χ0n) is 17.6. The van der Waals surface area contributed by atoms with Crippen LogP contribution in [0.25, 0.3) is 27.4 Å². The SMILES string of the molecule is c1ccc(N(c2ccc(-n3ccc4ccccc43)cc2)c2cccc3ccccc23)cc1. The van der Waals surface area contributed by atoms with E-state index < -0.39 is 0 Å². The highest BCUT2D eigenvalue weighted by Gasteiger charge is 2.15. The van der Waals surface area contributed by atoms with E-state index in [9.17, 15) is 0 Å². The van der Waals surface area contributed by atoms with Crippen molar-refractivity contribution in [3.8, 4) is 5.69 Å². The molecule has 6 aromatic rings. The highest BCUT2D eigenvalue weighted by atomic mass is 15.1. The smallest absolute Gasteiger partial charge is 0.0540 e. The quantitative estimate of drug-likeness (QED) is 0.284. The Labute approximate surface area is 187 Å². The maximum Gasteiger partial charge on any atom is 0.0540 e. The van der Waals surface area contributed by atoms with Crippen LogP contribution in [-0.4, -0.2) is 4.57 Å². The predicted octanol–water partition coefficient (Wildman–Crippen LogP) is 8.25. The molecule has 2 heteroatoms. The van der Waals surface area contributed by atoms with Crippen LogP contribution in [0.3, 0.4) is 0 Å². The second-order valence-corrected chi connectivity index (χ2v) is 7.93. The predicted molar refractivity (Wildman–Crippen MR) is 135 cm³/mol. The second-order valence-electron chi connectivity index (χ2n) is 7.93. The molecule has 0 amide bonds. The fraction of sp³-hybridized carbons (Fsp3) is 0. The number of anilines is 3. The molecule has 6 rings (SSSR count). The Morgan fingerprint density at radius 2 is 1.12 bits per heavy atom. The Balaban J connectivity index is 1.49. The van der Waals surface area contributed by atoms with E-state index >= 15 is 0 Å². The minimum absolute atomic E-state index is 1.13. The highest BCUT2D eigenvalue weighted by molar-refractivity contribution is 5.98. The molecule has 0 radical (unpaired) electrons.